The first-order valence-electron chi connectivity index (χ1n) is 4.41. The number of carbonyl (C=O) groups is 1. The van der Waals surface area contributed by atoms with Crippen LogP contribution in [0.4, 0.5) is 13.2 Å². The lowest BCUT2D eigenvalue weighted by atomic mass is 10.1. The Balaban J connectivity index is 2.50. The number of hydroxylamine groups is 1. The van der Waals surface area contributed by atoms with Crippen molar-refractivity contribution in [1.82, 2.24) is 5.48 Å². The second-order valence-electron chi connectivity index (χ2n) is 3.02. The molecule has 4 nitrogen and oxygen atoms in total. The van der Waals surface area contributed by atoms with E-state index in [1.807, 2.05) is 6.07 Å². The number of benzene rings is 1. The third kappa shape index (κ3) is 4.53. The van der Waals surface area contributed by atoms with E-state index in [0.717, 1.165) is 0 Å². The topological polar surface area (TPSA) is 62.1 Å². The van der Waals surface area contributed by atoms with E-state index < -0.39 is 18.7 Å². The van der Waals surface area contributed by atoms with E-state index >= 15 is 0 Å². The fourth-order valence-electron chi connectivity index (χ4n) is 0.939. The molecule has 0 spiro atoms. The van der Waals surface area contributed by atoms with E-state index in [1.54, 1.807) is 5.48 Å². The number of hydrogen-bond donors (Lipinski definition) is 1. The summed E-state index contributed by atoms with van der Waals surface area (Å²) in [6, 6.07) is 7.21. The molecule has 0 atom stereocenters. The Hall–Kier alpha value is -2.07. The second kappa shape index (κ2) is 5.32. The van der Waals surface area contributed by atoms with Crippen LogP contribution >= 0.6 is 0 Å². The number of nitrogens with one attached hydrogen (secondary N) is 1. The van der Waals surface area contributed by atoms with E-state index in [1.165, 1.54) is 24.3 Å². The lowest BCUT2D eigenvalue weighted by Gasteiger charge is -2.08. The molecule has 0 aliphatic heterocycles. The van der Waals surface area contributed by atoms with Gasteiger partial charge in [0.1, 0.15) is 0 Å². The summed E-state index contributed by atoms with van der Waals surface area (Å²) in [4.78, 5) is 15.2. The third-order valence-electron chi connectivity index (χ3n) is 1.68. The molecule has 1 N–H and O–H groups in total. The molecule has 0 radical (unpaired) electrons. The molecule has 0 heterocycles. The van der Waals surface area contributed by atoms with Crippen LogP contribution in [-0.4, -0.2) is 18.7 Å². The Morgan fingerprint density at radius 1 is 1.35 bits per heavy atom. The summed E-state index contributed by atoms with van der Waals surface area (Å²) >= 11 is 0. The minimum Gasteiger partial charge on any atom is -0.267 e. The molecule has 1 rings (SSSR count). The van der Waals surface area contributed by atoms with Gasteiger partial charge < -0.3 is 0 Å². The van der Waals surface area contributed by atoms with Crippen LogP contribution in [0.2, 0.25) is 0 Å². The molecular weight excluding hydrogens is 237 g/mol. The summed E-state index contributed by atoms with van der Waals surface area (Å²) in [7, 11) is 0. The van der Waals surface area contributed by atoms with Gasteiger partial charge in [0.2, 0.25) is 0 Å². The first-order chi connectivity index (χ1) is 7.92. The second-order valence-corrected chi connectivity index (χ2v) is 3.02. The van der Waals surface area contributed by atoms with E-state index in [-0.39, 0.29) is 5.56 Å². The quantitative estimate of drug-likeness (QED) is 0.824. The summed E-state index contributed by atoms with van der Waals surface area (Å²) in [6.45, 7) is -1.56. The minimum absolute atomic E-state index is 0.103. The first kappa shape index (κ1) is 13.0. The average Bonchev–Trinajstić information content (AvgIpc) is 2.27. The number of alkyl halides is 3. The molecule has 0 aliphatic carbocycles. The fraction of sp³-hybridized carbons (Fsp3) is 0.200. The smallest absolute Gasteiger partial charge is 0.267 e. The minimum atomic E-state index is -4.50. The van der Waals surface area contributed by atoms with Crippen molar-refractivity contribution in [2.45, 2.75) is 6.18 Å². The molecule has 17 heavy (non-hydrogen) atoms. The van der Waals surface area contributed by atoms with Gasteiger partial charge >= 0.3 is 6.18 Å². The number of nitrogens with zero attached hydrogens (tertiary/aromatic N) is 1. The van der Waals surface area contributed by atoms with Gasteiger partial charge in [-0.15, -0.1) is 0 Å². The largest absolute Gasteiger partial charge is 0.414 e. The van der Waals surface area contributed by atoms with E-state index in [2.05, 4.69) is 4.84 Å². The lowest BCUT2D eigenvalue weighted by Crippen LogP contribution is -2.29. The maximum atomic E-state index is 11.7. The van der Waals surface area contributed by atoms with Gasteiger partial charge in [-0.05, 0) is 24.3 Å². The van der Waals surface area contributed by atoms with Gasteiger partial charge in [0, 0.05) is 5.56 Å². The molecule has 0 unspecified atom stereocenters. The number of nitriles is 1. The van der Waals surface area contributed by atoms with Crippen molar-refractivity contribution >= 4 is 5.91 Å². The Bertz CT molecular complexity index is 434. The molecule has 0 aromatic heterocycles. The standard InChI is InChI=1S/C10H7F3N2O2/c11-10(12,13)6-17-15-9(16)8-3-1-7(5-14)2-4-8/h1-4H,6H2,(H,15,16). The van der Waals surface area contributed by atoms with Gasteiger partial charge in [-0.1, -0.05) is 0 Å². The van der Waals surface area contributed by atoms with Crippen molar-refractivity contribution in [3.8, 4) is 6.07 Å². The highest BCUT2D eigenvalue weighted by atomic mass is 19.4. The molecule has 0 saturated carbocycles. The summed E-state index contributed by atoms with van der Waals surface area (Å²) in [5.74, 6) is -0.807. The van der Waals surface area contributed by atoms with Crippen LogP contribution in [-0.2, 0) is 4.84 Å². The predicted molar refractivity (Wildman–Crippen MR) is 50.6 cm³/mol. The zero-order chi connectivity index (χ0) is 12.9. The number of amides is 1. The van der Waals surface area contributed by atoms with Crippen molar-refractivity contribution < 1.29 is 22.8 Å². The van der Waals surface area contributed by atoms with Crippen LogP contribution in [0.1, 0.15) is 15.9 Å². The number of halogens is 3. The highest BCUT2D eigenvalue weighted by Gasteiger charge is 2.28. The van der Waals surface area contributed by atoms with Gasteiger partial charge in [0.05, 0.1) is 11.6 Å². The van der Waals surface area contributed by atoms with Crippen LogP contribution in [0.3, 0.4) is 0 Å². The summed E-state index contributed by atoms with van der Waals surface area (Å²) in [5, 5.41) is 8.50. The van der Waals surface area contributed by atoms with Crippen LogP contribution in [0.15, 0.2) is 24.3 Å². The summed E-state index contributed by atoms with van der Waals surface area (Å²) in [6.07, 6.45) is -4.50. The highest BCUT2D eigenvalue weighted by molar-refractivity contribution is 5.93. The summed E-state index contributed by atoms with van der Waals surface area (Å²) in [5.41, 5.74) is 2.10. The van der Waals surface area contributed by atoms with Gasteiger partial charge in [0.15, 0.2) is 6.61 Å². The normalized spacial score (nSPS) is 10.7. The first-order valence-corrected chi connectivity index (χ1v) is 4.41. The maximum absolute atomic E-state index is 11.7. The lowest BCUT2D eigenvalue weighted by molar-refractivity contribution is -0.184. The maximum Gasteiger partial charge on any atom is 0.414 e. The van der Waals surface area contributed by atoms with Crippen molar-refractivity contribution in [3.63, 3.8) is 0 Å². The molecule has 1 amide bonds. The van der Waals surface area contributed by atoms with E-state index in [0.29, 0.717) is 5.56 Å². The molecule has 1 aromatic rings. The van der Waals surface area contributed by atoms with Gasteiger partial charge in [-0.25, -0.2) is 5.48 Å². The number of carbonyl (C=O) groups excluding carboxylic acids is 1. The molecule has 90 valence electrons. The monoisotopic (exact) mass is 244 g/mol. The SMILES string of the molecule is N#Cc1ccc(C(=O)NOCC(F)(F)F)cc1. The molecule has 0 aliphatic rings. The summed E-state index contributed by atoms with van der Waals surface area (Å²) < 4.78 is 35.1. The van der Waals surface area contributed by atoms with E-state index in [9.17, 15) is 18.0 Å². The molecule has 1 aromatic carbocycles. The van der Waals surface area contributed by atoms with Crippen molar-refractivity contribution in [3.05, 3.63) is 35.4 Å². The highest BCUT2D eigenvalue weighted by Crippen LogP contribution is 2.13. The fourth-order valence-corrected chi connectivity index (χ4v) is 0.939. The van der Waals surface area contributed by atoms with E-state index in [4.69, 9.17) is 5.26 Å². The van der Waals surface area contributed by atoms with Gasteiger partial charge in [-0.3, -0.25) is 9.63 Å². The van der Waals surface area contributed by atoms with Crippen molar-refractivity contribution in [2.75, 3.05) is 6.61 Å². The Morgan fingerprint density at radius 2 is 1.94 bits per heavy atom. The molecule has 0 saturated heterocycles. The predicted octanol–water partition coefficient (Wildman–Crippen LogP) is 1.78. The molecule has 0 bridgehead atoms. The zero-order valence-corrected chi connectivity index (χ0v) is 8.41. The van der Waals surface area contributed by atoms with Crippen LogP contribution < -0.4 is 5.48 Å². The zero-order valence-electron chi connectivity index (χ0n) is 8.41. The Morgan fingerprint density at radius 3 is 2.41 bits per heavy atom. The van der Waals surface area contributed by atoms with Crippen molar-refractivity contribution in [1.29, 1.82) is 5.26 Å². The molecule has 0 fully saturated rings. The molecular formula is C10H7F3N2O2. The third-order valence-corrected chi connectivity index (χ3v) is 1.68. The van der Waals surface area contributed by atoms with Crippen molar-refractivity contribution in [2.24, 2.45) is 0 Å². The van der Waals surface area contributed by atoms with Crippen LogP contribution in [0.5, 0.6) is 0 Å². The Kier molecular flexibility index (Phi) is 4.06. The van der Waals surface area contributed by atoms with Gasteiger partial charge in [0.25, 0.3) is 5.91 Å². The Labute approximate surface area is 94.6 Å². The average molecular weight is 244 g/mol. The van der Waals surface area contributed by atoms with Crippen LogP contribution in [0.25, 0.3) is 0 Å². The molecule has 7 heteroatoms. The van der Waals surface area contributed by atoms with Gasteiger partial charge in [-0.2, -0.15) is 18.4 Å². The van der Waals surface area contributed by atoms with Crippen LogP contribution in [0, 0.1) is 11.3 Å². The number of rotatable bonds is 3. The number of hydrogen-bond acceptors (Lipinski definition) is 3.